The highest BCUT2D eigenvalue weighted by Gasteiger charge is 2.18. The molecule has 204 valence electrons. The molecule has 5 rings (SSSR count). The lowest BCUT2D eigenvalue weighted by atomic mass is 10.0. The number of carboxylic acids is 1. The van der Waals surface area contributed by atoms with Crippen molar-refractivity contribution < 1.29 is 28.2 Å². The van der Waals surface area contributed by atoms with Crippen LogP contribution >= 0.6 is 0 Å². The lowest BCUT2D eigenvalue weighted by Crippen LogP contribution is -2.10. The smallest absolute Gasteiger partial charge is 0.335 e. The minimum atomic E-state index is -1.06. The van der Waals surface area contributed by atoms with Gasteiger partial charge in [0.05, 0.1) is 28.9 Å². The summed E-state index contributed by atoms with van der Waals surface area (Å²) in [4.78, 5) is 20.4. The van der Waals surface area contributed by atoms with Crippen molar-refractivity contribution in [3.05, 3.63) is 113 Å². The fourth-order valence-corrected chi connectivity index (χ4v) is 4.45. The monoisotopic (exact) mass is 543 g/mol. The van der Waals surface area contributed by atoms with Gasteiger partial charge < -0.3 is 19.1 Å². The molecular formula is C31H27F2N3O4. The number of aryl methyl sites for hydroxylation is 1. The first-order valence-corrected chi connectivity index (χ1v) is 12.7. The number of imidazole rings is 1. The summed E-state index contributed by atoms with van der Waals surface area (Å²) in [6.07, 6.45) is -0.00301. The summed E-state index contributed by atoms with van der Waals surface area (Å²) in [5.74, 6) is -1.54. The number of methoxy groups -OCH3 is 1. The topological polar surface area (TPSA) is 86.5 Å². The Balaban J connectivity index is 1.41. The van der Waals surface area contributed by atoms with Gasteiger partial charge >= 0.3 is 5.97 Å². The van der Waals surface area contributed by atoms with E-state index in [2.05, 4.69) is 9.97 Å². The minimum absolute atomic E-state index is 0.00301. The van der Waals surface area contributed by atoms with Gasteiger partial charge in [-0.25, -0.2) is 23.5 Å². The summed E-state index contributed by atoms with van der Waals surface area (Å²) in [7, 11) is 1.55. The third kappa shape index (κ3) is 5.84. The number of halogens is 2. The summed E-state index contributed by atoms with van der Waals surface area (Å²) in [5, 5.41) is 9.39. The molecule has 2 heterocycles. The van der Waals surface area contributed by atoms with E-state index in [0.29, 0.717) is 42.5 Å². The summed E-state index contributed by atoms with van der Waals surface area (Å²) in [5.41, 5.74) is 3.73. The van der Waals surface area contributed by atoms with E-state index >= 15 is 8.78 Å². The van der Waals surface area contributed by atoms with Gasteiger partial charge in [0.25, 0.3) is 0 Å². The highest BCUT2D eigenvalue weighted by atomic mass is 19.1. The van der Waals surface area contributed by atoms with Crippen LogP contribution in [-0.2, 0) is 24.3 Å². The van der Waals surface area contributed by atoms with Gasteiger partial charge in [0.15, 0.2) is 0 Å². The number of hydrogen-bond donors (Lipinski definition) is 1. The van der Waals surface area contributed by atoms with Gasteiger partial charge in [-0.05, 0) is 54.4 Å². The molecule has 0 aliphatic rings. The van der Waals surface area contributed by atoms with Gasteiger partial charge in [0.2, 0.25) is 5.88 Å². The van der Waals surface area contributed by atoms with Gasteiger partial charge in [0, 0.05) is 31.7 Å². The number of carboxylic acid groups (broad SMARTS) is 1. The first-order valence-electron chi connectivity index (χ1n) is 12.7. The second kappa shape index (κ2) is 11.6. The predicted molar refractivity (Wildman–Crippen MR) is 146 cm³/mol. The quantitative estimate of drug-likeness (QED) is 0.226. The number of aromatic nitrogens is 3. The fourth-order valence-electron chi connectivity index (χ4n) is 4.45. The van der Waals surface area contributed by atoms with E-state index in [1.165, 1.54) is 12.1 Å². The molecule has 0 aliphatic carbocycles. The molecule has 0 unspecified atom stereocenters. The molecule has 1 N–H and O–H groups in total. The van der Waals surface area contributed by atoms with E-state index in [9.17, 15) is 9.90 Å². The van der Waals surface area contributed by atoms with Crippen LogP contribution < -0.4 is 4.74 Å². The zero-order valence-corrected chi connectivity index (χ0v) is 22.0. The van der Waals surface area contributed by atoms with Crippen LogP contribution in [0.5, 0.6) is 5.88 Å². The van der Waals surface area contributed by atoms with E-state index in [0.717, 1.165) is 23.3 Å². The number of ether oxygens (including phenoxy) is 2. The maximum absolute atomic E-state index is 15.3. The normalized spacial score (nSPS) is 11.2. The Morgan fingerprint density at radius 1 is 0.975 bits per heavy atom. The molecule has 0 amide bonds. The number of aromatic carboxylic acids is 1. The van der Waals surface area contributed by atoms with Crippen molar-refractivity contribution in [2.45, 2.75) is 26.5 Å². The minimum Gasteiger partial charge on any atom is -0.478 e. The van der Waals surface area contributed by atoms with Gasteiger partial charge in [0.1, 0.15) is 24.1 Å². The molecule has 0 saturated heterocycles. The first kappa shape index (κ1) is 27.0. The van der Waals surface area contributed by atoms with E-state index in [1.807, 2.05) is 31.2 Å². The standard InChI is InChI=1S/C31H27F2N3O4/c1-19-6-8-20(9-7-19)18-40-30-5-3-4-26(35-30)23-17-24(32)22(14-25(23)33)16-29-34-27-11-10-21(31(37)38)15-28(27)36(29)12-13-39-2/h3-11,14-15,17H,12-13,16,18H2,1-2H3,(H,37,38). The zero-order chi connectivity index (χ0) is 28.2. The van der Waals surface area contributed by atoms with Crippen LogP contribution in [-0.4, -0.2) is 39.3 Å². The average molecular weight is 544 g/mol. The van der Waals surface area contributed by atoms with E-state index in [-0.39, 0.29) is 28.8 Å². The number of carbonyl (C=O) groups is 1. The molecule has 0 spiro atoms. The number of hydrogen-bond acceptors (Lipinski definition) is 5. The van der Waals surface area contributed by atoms with Crippen molar-refractivity contribution in [1.29, 1.82) is 0 Å². The predicted octanol–water partition coefficient (Wildman–Crippen LogP) is 6.20. The van der Waals surface area contributed by atoms with Gasteiger partial charge in [-0.15, -0.1) is 0 Å². The fraction of sp³-hybridized carbons (Fsp3) is 0.194. The SMILES string of the molecule is COCCn1c(Cc2cc(F)c(-c3cccc(OCc4ccc(C)cc4)n3)cc2F)nc2ccc(C(=O)O)cc21. The molecule has 0 fully saturated rings. The number of benzene rings is 3. The molecule has 40 heavy (non-hydrogen) atoms. The van der Waals surface area contributed by atoms with Crippen molar-refractivity contribution >= 4 is 17.0 Å². The molecule has 7 nitrogen and oxygen atoms in total. The summed E-state index contributed by atoms with van der Waals surface area (Å²) >= 11 is 0. The molecule has 0 aliphatic heterocycles. The largest absolute Gasteiger partial charge is 0.478 e. The number of rotatable bonds is 10. The van der Waals surface area contributed by atoms with Crippen molar-refractivity contribution in [3.8, 4) is 17.1 Å². The van der Waals surface area contributed by atoms with Crippen molar-refractivity contribution in [1.82, 2.24) is 14.5 Å². The highest BCUT2D eigenvalue weighted by Crippen LogP contribution is 2.28. The number of fused-ring (bicyclic) bond motifs is 1. The third-order valence-corrected chi connectivity index (χ3v) is 6.58. The van der Waals surface area contributed by atoms with E-state index < -0.39 is 17.6 Å². The Morgan fingerprint density at radius 2 is 1.77 bits per heavy atom. The molecule has 0 radical (unpaired) electrons. The van der Waals surface area contributed by atoms with Crippen LogP contribution in [0, 0.1) is 18.6 Å². The van der Waals surface area contributed by atoms with Crippen molar-refractivity contribution in [3.63, 3.8) is 0 Å². The van der Waals surface area contributed by atoms with Gasteiger partial charge in [-0.3, -0.25) is 0 Å². The maximum atomic E-state index is 15.3. The maximum Gasteiger partial charge on any atom is 0.335 e. The Labute approximate surface area is 229 Å². The Morgan fingerprint density at radius 3 is 2.52 bits per heavy atom. The summed E-state index contributed by atoms with van der Waals surface area (Å²) in [6, 6.07) is 19.7. The summed E-state index contributed by atoms with van der Waals surface area (Å²) in [6.45, 7) is 3.00. The average Bonchev–Trinajstić information content (AvgIpc) is 3.29. The molecule has 0 saturated carbocycles. The van der Waals surface area contributed by atoms with Crippen LogP contribution in [0.2, 0.25) is 0 Å². The molecule has 0 atom stereocenters. The Bertz CT molecular complexity index is 1680. The lowest BCUT2D eigenvalue weighted by molar-refractivity contribution is 0.0697. The molecule has 0 bridgehead atoms. The molecular weight excluding hydrogens is 516 g/mol. The number of pyridine rings is 1. The van der Waals surface area contributed by atoms with Gasteiger partial charge in [-0.2, -0.15) is 0 Å². The molecule has 5 aromatic rings. The second-order valence-corrected chi connectivity index (χ2v) is 9.42. The second-order valence-electron chi connectivity index (χ2n) is 9.42. The van der Waals surface area contributed by atoms with Crippen molar-refractivity contribution in [2.75, 3.05) is 13.7 Å². The number of nitrogens with zero attached hydrogens (tertiary/aromatic N) is 3. The van der Waals surface area contributed by atoms with Gasteiger partial charge in [-0.1, -0.05) is 35.9 Å². The van der Waals surface area contributed by atoms with Crippen LogP contribution in [0.15, 0.2) is 72.8 Å². The van der Waals surface area contributed by atoms with Crippen molar-refractivity contribution in [2.24, 2.45) is 0 Å². The van der Waals surface area contributed by atoms with Crippen LogP contribution in [0.1, 0.15) is 32.9 Å². The van der Waals surface area contributed by atoms with E-state index in [4.69, 9.17) is 9.47 Å². The Kier molecular flexibility index (Phi) is 7.84. The summed E-state index contributed by atoms with van der Waals surface area (Å²) < 4.78 is 43.4. The molecule has 9 heteroatoms. The molecule has 2 aromatic heterocycles. The lowest BCUT2D eigenvalue weighted by Gasteiger charge is -2.12. The van der Waals surface area contributed by atoms with Crippen LogP contribution in [0.25, 0.3) is 22.3 Å². The zero-order valence-electron chi connectivity index (χ0n) is 22.0. The van der Waals surface area contributed by atoms with Crippen LogP contribution in [0.3, 0.4) is 0 Å². The van der Waals surface area contributed by atoms with Crippen LogP contribution in [0.4, 0.5) is 8.78 Å². The third-order valence-electron chi connectivity index (χ3n) is 6.58. The molecule has 3 aromatic carbocycles. The van der Waals surface area contributed by atoms with E-state index in [1.54, 1.807) is 35.9 Å². The first-order chi connectivity index (χ1) is 19.3. The Hall–Kier alpha value is -4.63. The highest BCUT2D eigenvalue weighted by molar-refractivity contribution is 5.92.